The third-order valence-corrected chi connectivity index (χ3v) is 3.37. The van der Waals surface area contributed by atoms with E-state index in [4.69, 9.17) is 4.99 Å². The average molecular weight is 212 g/mol. The molecule has 2 aliphatic rings. The van der Waals surface area contributed by atoms with E-state index in [1.165, 1.54) is 29.9 Å². The van der Waals surface area contributed by atoms with Crippen molar-refractivity contribution >= 4 is 5.84 Å². The molecule has 0 spiro atoms. The molecule has 1 unspecified atom stereocenters. The van der Waals surface area contributed by atoms with Gasteiger partial charge >= 0.3 is 0 Å². The smallest absolute Gasteiger partial charge is 0.101 e. The van der Waals surface area contributed by atoms with Crippen molar-refractivity contribution in [1.29, 1.82) is 0 Å². The van der Waals surface area contributed by atoms with E-state index in [2.05, 4.69) is 48.2 Å². The number of amidine groups is 1. The second-order valence-electron chi connectivity index (χ2n) is 4.45. The number of allylic oxidation sites excluding steroid dienone is 1. The number of rotatable bonds is 1. The molecule has 1 aromatic carbocycles. The molecule has 1 fully saturated rings. The molecule has 3 rings (SSSR count). The summed E-state index contributed by atoms with van der Waals surface area (Å²) in [4.78, 5) is 7.11. The second-order valence-corrected chi connectivity index (χ2v) is 4.45. The van der Waals surface area contributed by atoms with E-state index < -0.39 is 0 Å². The zero-order valence-electron chi connectivity index (χ0n) is 9.56. The third kappa shape index (κ3) is 1.54. The van der Waals surface area contributed by atoms with Crippen LogP contribution in [0.15, 0.2) is 47.1 Å². The molecule has 0 saturated carbocycles. The van der Waals surface area contributed by atoms with Crippen LogP contribution < -0.4 is 0 Å². The summed E-state index contributed by atoms with van der Waals surface area (Å²) in [5, 5.41) is 0. The van der Waals surface area contributed by atoms with Gasteiger partial charge in [0.25, 0.3) is 0 Å². The third-order valence-electron chi connectivity index (χ3n) is 3.37. The van der Waals surface area contributed by atoms with Crippen molar-refractivity contribution in [2.45, 2.75) is 25.8 Å². The normalized spacial score (nSPS) is 23.8. The summed E-state index contributed by atoms with van der Waals surface area (Å²) in [5.74, 6) is 1.17. The van der Waals surface area contributed by atoms with E-state index in [-0.39, 0.29) is 6.04 Å². The fraction of sp³-hybridized carbons (Fsp3) is 0.357. The van der Waals surface area contributed by atoms with Crippen LogP contribution in [0.5, 0.6) is 0 Å². The van der Waals surface area contributed by atoms with Crippen LogP contribution in [0.3, 0.4) is 0 Å². The lowest BCUT2D eigenvalue weighted by atomic mass is 10.0. The molecule has 1 atom stereocenters. The fourth-order valence-corrected chi connectivity index (χ4v) is 2.55. The standard InChI is InChI=1S/C14H16N2/c1-11-15-14(12-6-3-2-4-7-12)10-13-8-5-9-16(11)13/h2-4,6-7,10,14H,5,8-9H2,1H3. The number of benzene rings is 1. The Bertz CT molecular complexity index is 445. The lowest BCUT2D eigenvalue weighted by Crippen LogP contribution is -2.27. The molecule has 2 aliphatic heterocycles. The van der Waals surface area contributed by atoms with Crippen LogP contribution in [0.1, 0.15) is 31.4 Å². The van der Waals surface area contributed by atoms with Crippen molar-refractivity contribution < 1.29 is 0 Å². The molecular formula is C14H16N2. The number of nitrogens with zero attached hydrogens (tertiary/aromatic N) is 2. The van der Waals surface area contributed by atoms with Crippen molar-refractivity contribution in [2.75, 3.05) is 6.54 Å². The van der Waals surface area contributed by atoms with Gasteiger partial charge in [0.2, 0.25) is 0 Å². The van der Waals surface area contributed by atoms with E-state index in [0.717, 1.165) is 6.54 Å². The van der Waals surface area contributed by atoms with Gasteiger partial charge in [0.15, 0.2) is 0 Å². The largest absolute Gasteiger partial charge is 0.334 e. The van der Waals surface area contributed by atoms with Gasteiger partial charge in [-0.3, -0.25) is 4.99 Å². The Labute approximate surface area is 96.3 Å². The molecule has 0 amide bonds. The molecule has 0 radical (unpaired) electrons. The molecule has 82 valence electrons. The lowest BCUT2D eigenvalue weighted by molar-refractivity contribution is 0.556. The quantitative estimate of drug-likeness (QED) is 0.698. The van der Waals surface area contributed by atoms with Gasteiger partial charge in [-0.15, -0.1) is 0 Å². The van der Waals surface area contributed by atoms with Crippen LogP contribution >= 0.6 is 0 Å². The molecule has 1 saturated heterocycles. The van der Waals surface area contributed by atoms with Crippen molar-refractivity contribution in [2.24, 2.45) is 4.99 Å². The van der Waals surface area contributed by atoms with Crippen LogP contribution in [0.25, 0.3) is 0 Å². The zero-order chi connectivity index (χ0) is 11.0. The summed E-state index contributed by atoms with van der Waals surface area (Å²) in [5.41, 5.74) is 2.75. The first-order valence-corrected chi connectivity index (χ1v) is 5.92. The monoisotopic (exact) mass is 212 g/mol. The summed E-state index contributed by atoms with van der Waals surface area (Å²) in [6.45, 7) is 3.26. The highest BCUT2D eigenvalue weighted by atomic mass is 15.2. The minimum Gasteiger partial charge on any atom is -0.334 e. The Hall–Kier alpha value is -1.57. The fourth-order valence-electron chi connectivity index (χ4n) is 2.55. The number of aliphatic imine (C=N–C) groups is 1. The summed E-state index contributed by atoms with van der Waals surface area (Å²) in [6, 6.07) is 10.8. The molecule has 0 aromatic heterocycles. The van der Waals surface area contributed by atoms with Crippen LogP contribution in [0.4, 0.5) is 0 Å². The SMILES string of the molecule is CC1=NC(c2ccccc2)C=C2CCCN21. The Balaban J connectivity index is 1.96. The first kappa shape index (κ1) is 9.64. The van der Waals surface area contributed by atoms with Crippen LogP contribution in [0.2, 0.25) is 0 Å². The maximum atomic E-state index is 4.76. The van der Waals surface area contributed by atoms with Gasteiger partial charge in [-0.2, -0.15) is 0 Å². The van der Waals surface area contributed by atoms with E-state index in [1.807, 2.05) is 0 Å². The van der Waals surface area contributed by atoms with Gasteiger partial charge in [0, 0.05) is 12.2 Å². The van der Waals surface area contributed by atoms with Gasteiger partial charge in [0.1, 0.15) is 5.84 Å². The van der Waals surface area contributed by atoms with Gasteiger partial charge in [0.05, 0.1) is 6.04 Å². The highest BCUT2D eigenvalue weighted by molar-refractivity contribution is 5.83. The Kier molecular flexibility index (Phi) is 2.28. The van der Waals surface area contributed by atoms with E-state index in [0.29, 0.717) is 0 Å². The predicted octanol–water partition coefficient (Wildman–Crippen LogP) is 3.14. The van der Waals surface area contributed by atoms with E-state index in [9.17, 15) is 0 Å². The number of hydrogen-bond donors (Lipinski definition) is 0. The molecule has 2 heterocycles. The van der Waals surface area contributed by atoms with Crippen LogP contribution in [-0.4, -0.2) is 17.3 Å². The highest BCUT2D eigenvalue weighted by Gasteiger charge is 2.25. The summed E-state index contributed by atoms with van der Waals surface area (Å²) >= 11 is 0. The second kappa shape index (κ2) is 3.78. The first-order chi connectivity index (χ1) is 7.84. The van der Waals surface area contributed by atoms with E-state index >= 15 is 0 Å². The average Bonchev–Trinajstić information content (AvgIpc) is 2.79. The molecular weight excluding hydrogens is 196 g/mol. The molecule has 0 aliphatic carbocycles. The molecule has 0 bridgehead atoms. The Morgan fingerprint density at radius 1 is 1.25 bits per heavy atom. The minimum absolute atomic E-state index is 0.227. The summed E-state index contributed by atoms with van der Waals surface area (Å²) in [6.07, 6.45) is 4.78. The van der Waals surface area contributed by atoms with Gasteiger partial charge in [-0.25, -0.2) is 0 Å². The predicted molar refractivity (Wildman–Crippen MR) is 66.3 cm³/mol. The van der Waals surface area contributed by atoms with Crippen LogP contribution in [0, 0.1) is 0 Å². The van der Waals surface area contributed by atoms with Crippen LogP contribution in [-0.2, 0) is 0 Å². The maximum absolute atomic E-state index is 4.76. The van der Waals surface area contributed by atoms with Crippen molar-refractivity contribution in [1.82, 2.24) is 4.90 Å². The van der Waals surface area contributed by atoms with Gasteiger partial charge < -0.3 is 4.90 Å². The Morgan fingerprint density at radius 2 is 2.06 bits per heavy atom. The number of fused-ring (bicyclic) bond motifs is 1. The number of hydrogen-bond acceptors (Lipinski definition) is 2. The van der Waals surface area contributed by atoms with Crippen molar-refractivity contribution in [3.63, 3.8) is 0 Å². The van der Waals surface area contributed by atoms with Gasteiger partial charge in [-0.1, -0.05) is 30.3 Å². The molecule has 0 N–H and O–H groups in total. The topological polar surface area (TPSA) is 15.6 Å². The molecule has 2 heteroatoms. The van der Waals surface area contributed by atoms with Crippen molar-refractivity contribution in [3.05, 3.63) is 47.7 Å². The highest BCUT2D eigenvalue weighted by Crippen LogP contribution is 2.32. The molecule has 1 aromatic rings. The maximum Gasteiger partial charge on any atom is 0.101 e. The zero-order valence-corrected chi connectivity index (χ0v) is 9.56. The lowest BCUT2D eigenvalue weighted by Gasteiger charge is -2.26. The molecule has 16 heavy (non-hydrogen) atoms. The summed E-state index contributed by atoms with van der Waals surface area (Å²) < 4.78 is 0. The van der Waals surface area contributed by atoms with E-state index in [1.54, 1.807) is 0 Å². The van der Waals surface area contributed by atoms with Gasteiger partial charge in [-0.05, 0) is 31.4 Å². The summed E-state index contributed by atoms with van der Waals surface area (Å²) in [7, 11) is 0. The van der Waals surface area contributed by atoms with Crippen molar-refractivity contribution in [3.8, 4) is 0 Å². The molecule has 2 nitrogen and oxygen atoms in total. The Morgan fingerprint density at radius 3 is 2.88 bits per heavy atom. The first-order valence-electron chi connectivity index (χ1n) is 5.92. The minimum atomic E-state index is 0.227.